The number of halogens is 2. The summed E-state index contributed by atoms with van der Waals surface area (Å²) in [6.45, 7) is 4.59. The first-order valence-corrected chi connectivity index (χ1v) is 12.5. The molecule has 2 aromatic carbocycles. The average Bonchev–Trinajstić information content (AvgIpc) is 2.82. The molecule has 0 amide bonds. The highest BCUT2D eigenvalue weighted by molar-refractivity contribution is 14.1. The number of fused-ring (bicyclic) bond motifs is 1. The minimum absolute atomic E-state index is 0.0179. The topological polar surface area (TPSA) is 93.4 Å². The number of likely N-dealkylation sites (tertiary alicyclic amines) is 1. The Morgan fingerprint density at radius 2 is 2.03 bits per heavy atom. The zero-order valence-electron chi connectivity index (χ0n) is 18.5. The lowest BCUT2D eigenvalue weighted by Crippen LogP contribution is -2.36. The first-order chi connectivity index (χ1) is 16.0. The number of benzene rings is 2. The van der Waals surface area contributed by atoms with Crippen molar-refractivity contribution in [1.29, 1.82) is 0 Å². The summed E-state index contributed by atoms with van der Waals surface area (Å²) in [7, 11) is 0. The molecule has 9 heteroatoms. The summed E-state index contributed by atoms with van der Waals surface area (Å²) in [5, 5.41) is 4.08. The Morgan fingerprint density at radius 3 is 2.76 bits per heavy atom. The summed E-state index contributed by atoms with van der Waals surface area (Å²) >= 11 is 2.14. The molecule has 0 saturated carbocycles. The number of hydrogen-bond donors (Lipinski definition) is 2. The smallest absolute Gasteiger partial charge is 0.309 e. The van der Waals surface area contributed by atoms with Gasteiger partial charge in [-0.2, -0.15) is 0 Å². The Morgan fingerprint density at radius 1 is 1.24 bits per heavy atom. The van der Waals surface area contributed by atoms with E-state index in [1.54, 1.807) is 12.1 Å². The SMILES string of the molecule is CCOC(=O)C1CCN(Cc2cc3ncnc(Nc4ccc(F)c(CI)c4)c3cc2N)CC1. The van der Waals surface area contributed by atoms with Crippen LogP contribution in [0.1, 0.15) is 30.9 Å². The zero-order chi connectivity index (χ0) is 23.4. The van der Waals surface area contributed by atoms with Gasteiger partial charge in [-0.05, 0) is 74.3 Å². The first-order valence-electron chi connectivity index (χ1n) is 11.0. The van der Waals surface area contributed by atoms with Crippen LogP contribution in [0, 0.1) is 11.7 Å². The van der Waals surface area contributed by atoms with E-state index in [4.69, 9.17) is 10.5 Å². The molecule has 3 aromatic rings. The van der Waals surface area contributed by atoms with Crippen LogP contribution in [-0.2, 0) is 20.5 Å². The Hall–Kier alpha value is -2.53. The fraction of sp³-hybridized carbons (Fsp3) is 0.375. The predicted molar refractivity (Wildman–Crippen MR) is 136 cm³/mol. The van der Waals surface area contributed by atoms with Crippen LogP contribution in [0.15, 0.2) is 36.7 Å². The van der Waals surface area contributed by atoms with Gasteiger partial charge < -0.3 is 15.8 Å². The molecule has 3 N–H and O–H groups in total. The third-order valence-electron chi connectivity index (χ3n) is 5.95. The molecular weight excluding hydrogens is 536 g/mol. The minimum Gasteiger partial charge on any atom is -0.466 e. The van der Waals surface area contributed by atoms with Crippen LogP contribution in [0.3, 0.4) is 0 Å². The normalized spacial score (nSPS) is 15.0. The summed E-state index contributed by atoms with van der Waals surface area (Å²) in [5.74, 6) is 0.295. The number of carbonyl (C=O) groups excluding carboxylic acids is 1. The maximum Gasteiger partial charge on any atom is 0.309 e. The Balaban J connectivity index is 1.50. The number of nitrogens with one attached hydrogen (secondary N) is 1. The van der Waals surface area contributed by atoms with Crippen molar-refractivity contribution in [3.63, 3.8) is 0 Å². The fourth-order valence-electron chi connectivity index (χ4n) is 4.12. The monoisotopic (exact) mass is 563 g/mol. The molecule has 2 heterocycles. The molecule has 1 aromatic heterocycles. The number of nitrogens with two attached hydrogens (primary N) is 1. The quantitative estimate of drug-likeness (QED) is 0.185. The highest BCUT2D eigenvalue weighted by Crippen LogP contribution is 2.30. The molecule has 1 aliphatic rings. The molecule has 7 nitrogen and oxygen atoms in total. The van der Waals surface area contributed by atoms with Gasteiger partial charge >= 0.3 is 5.97 Å². The molecule has 0 atom stereocenters. The van der Waals surface area contributed by atoms with Gasteiger partial charge in [-0.1, -0.05) is 22.6 Å². The number of nitrogens with zero attached hydrogens (tertiary/aromatic N) is 3. The van der Waals surface area contributed by atoms with Crippen molar-refractivity contribution in [3.8, 4) is 0 Å². The molecule has 0 unspecified atom stereocenters. The van der Waals surface area contributed by atoms with Gasteiger partial charge in [0.1, 0.15) is 18.0 Å². The number of nitrogen functional groups attached to an aromatic ring is 1. The lowest BCUT2D eigenvalue weighted by molar-refractivity contribution is -0.149. The van der Waals surface area contributed by atoms with Crippen molar-refractivity contribution in [2.24, 2.45) is 5.92 Å². The van der Waals surface area contributed by atoms with Crippen molar-refractivity contribution < 1.29 is 13.9 Å². The van der Waals surface area contributed by atoms with Crippen LogP contribution < -0.4 is 11.1 Å². The van der Waals surface area contributed by atoms with Gasteiger partial charge in [0.2, 0.25) is 0 Å². The van der Waals surface area contributed by atoms with E-state index in [9.17, 15) is 9.18 Å². The standard InChI is InChI=1S/C24H27FIN5O2/c1-2-33-24(32)15-5-7-31(8-6-15)13-17-10-22-19(11-21(17)27)23(29-14-28-22)30-18-3-4-20(25)16(9-18)12-26/h3-4,9-11,14-15H,2,5-8,12-13,27H2,1H3,(H,28,29,30). The summed E-state index contributed by atoms with van der Waals surface area (Å²) in [4.78, 5) is 23.1. The summed E-state index contributed by atoms with van der Waals surface area (Å²) in [6.07, 6.45) is 3.09. The second kappa shape index (κ2) is 10.6. The van der Waals surface area contributed by atoms with E-state index in [-0.39, 0.29) is 17.7 Å². The molecule has 0 spiro atoms. The van der Waals surface area contributed by atoms with E-state index in [0.717, 1.165) is 48.1 Å². The highest BCUT2D eigenvalue weighted by atomic mass is 127. The molecule has 4 rings (SSSR count). The van der Waals surface area contributed by atoms with Crippen LogP contribution >= 0.6 is 22.6 Å². The highest BCUT2D eigenvalue weighted by Gasteiger charge is 2.26. The van der Waals surface area contributed by atoms with Gasteiger partial charge in [-0.15, -0.1) is 0 Å². The van der Waals surface area contributed by atoms with Crippen molar-refractivity contribution in [2.45, 2.75) is 30.7 Å². The van der Waals surface area contributed by atoms with Crippen molar-refractivity contribution >= 4 is 56.7 Å². The van der Waals surface area contributed by atoms with Gasteiger partial charge in [-0.3, -0.25) is 9.69 Å². The third-order valence-corrected chi connectivity index (χ3v) is 6.77. The number of piperidine rings is 1. The average molecular weight is 563 g/mol. The molecule has 0 bridgehead atoms. The fourth-order valence-corrected chi connectivity index (χ4v) is 4.70. The number of carbonyl (C=O) groups is 1. The second-order valence-electron chi connectivity index (χ2n) is 8.16. The van der Waals surface area contributed by atoms with Crippen molar-refractivity contribution in [1.82, 2.24) is 14.9 Å². The van der Waals surface area contributed by atoms with Gasteiger partial charge in [-0.25, -0.2) is 14.4 Å². The molecule has 0 aliphatic carbocycles. The summed E-state index contributed by atoms with van der Waals surface area (Å²) < 4.78 is 19.6. The van der Waals surface area contributed by atoms with Gasteiger partial charge in [0.05, 0.1) is 18.0 Å². The predicted octanol–water partition coefficient (Wildman–Crippen LogP) is 4.80. The molecule has 1 saturated heterocycles. The Labute approximate surface area is 206 Å². The van der Waals surface area contributed by atoms with Crippen molar-refractivity contribution in [3.05, 3.63) is 53.6 Å². The van der Waals surface area contributed by atoms with E-state index in [0.29, 0.717) is 34.6 Å². The van der Waals surface area contributed by atoms with Gasteiger partial charge in [0.25, 0.3) is 0 Å². The van der Waals surface area contributed by atoms with Crippen LogP contribution in [0.2, 0.25) is 0 Å². The number of esters is 1. The van der Waals surface area contributed by atoms with Gasteiger partial charge in [0.15, 0.2) is 0 Å². The first kappa shape index (κ1) is 23.6. The number of anilines is 3. The van der Waals surface area contributed by atoms with Crippen LogP contribution in [-0.4, -0.2) is 40.5 Å². The lowest BCUT2D eigenvalue weighted by atomic mass is 9.96. The van der Waals surface area contributed by atoms with Gasteiger partial charge in [0, 0.05) is 27.7 Å². The Bertz CT molecular complexity index is 1150. The molecular formula is C24H27FIN5O2. The molecule has 1 aliphatic heterocycles. The Kier molecular flexibility index (Phi) is 7.59. The van der Waals surface area contributed by atoms with Crippen LogP contribution in [0.25, 0.3) is 10.9 Å². The van der Waals surface area contributed by atoms with E-state index >= 15 is 0 Å². The second-order valence-corrected chi connectivity index (χ2v) is 8.92. The number of aromatic nitrogens is 2. The largest absolute Gasteiger partial charge is 0.466 e. The maximum absolute atomic E-state index is 13.8. The van der Waals surface area contributed by atoms with E-state index in [1.165, 1.54) is 12.4 Å². The molecule has 174 valence electrons. The van der Waals surface area contributed by atoms with E-state index in [2.05, 4.69) is 42.8 Å². The third kappa shape index (κ3) is 5.52. The number of hydrogen-bond acceptors (Lipinski definition) is 7. The minimum atomic E-state index is -0.220. The summed E-state index contributed by atoms with van der Waals surface area (Å²) in [5.41, 5.74) is 10.3. The van der Waals surface area contributed by atoms with Crippen LogP contribution in [0.5, 0.6) is 0 Å². The number of alkyl halides is 1. The van der Waals surface area contributed by atoms with E-state index < -0.39 is 0 Å². The maximum atomic E-state index is 13.8. The van der Waals surface area contributed by atoms with Crippen molar-refractivity contribution in [2.75, 3.05) is 30.7 Å². The number of rotatable bonds is 7. The van der Waals surface area contributed by atoms with E-state index in [1.807, 2.05) is 19.1 Å². The van der Waals surface area contributed by atoms with Crippen LogP contribution in [0.4, 0.5) is 21.6 Å². The zero-order valence-corrected chi connectivity index (χ0v) is 20.6. The summed E-state index contributed by atoms with van der Waals surface area (Å²) in [6, 6.07) is 8.82. The number of ether oxygens (including phenoxy) is 1. The molecule has 33 heavy (non-hydrogen) atoms. The lowest BCUT2D eigenvalue weighted by Gasteiger charge is -2.31. The molecule has 0 radical (unpaired) electrons. The molecule has 1 fully saturated rings.